The number of hydrogen-bond acceptors (Lipinski definition) is 7. The van der Waals surface area contributed by atoms with E-state index in [1.54, 1.807) is 6.92 Å². The standard InChI is InChI=1S/C42H73O8P/c1-4-7-9-11-13-15-17-19-20-21-22-23-24-25-27-29-31-33-35-37-42(44)50-40(39-49-51(45,46)48-6-3)38-47-41(43)36-34-32-30-28-26-18-16-14-12-10-8-5-2/h7,9,13,15,19-20,22-23,25,27,40H,4-6,8,10-12,14,16-18,21,24,26,28-39H2,1-3H3,(H,45,46)/b9-7-,15-13-,20-19-,23-22-,27-25-. The molecule has 2 atom stereocenters. The van der Waals surface area contributed by atoms with E-state index < -0.39 is 26.5 Å². The smallest absolute Gasteiger partial charge is 0.462 e. The summed E-state index contributed by atoms with van der Waals surface area (Å²) in [7, 11) is -4.29. The summed E-state index contributed by atoms with van der Waals surface area (Å²) in [4.78, 5) is 34.6. The van der Waals surface area contributed by atoms with Crippen LogP contribution in [0.2, 0.25) is 0 Å². The Bertz CT molecular complexity index is 1020. The fraction of sp³-hybridized carbons (Fsp3) is 0.714. The molecule has 0 aromatic heterocycles. The highest BCUT2D eigenvalue weighted by molar-refractivity contribution is 7.47. The molecule has 0 rings (SSSR count). The van der Waals surface area contributed by atoms with Crippen LogP contribution in [0.3, 0.4) is 0 Å². The van der Waals surface area contributed by atoms with Crippen LogP contribution in [0.1, 0.15) is 168 Å². The van der Waals surface area contributed by atoms with Crippen LogP contribution in [0.4, 0.5) is 0 Å². The van der Waals surface area contributed by atoms with Crippen molar-refractivity contribution < 1.29 is 37.6 Å². The molecule has 0 aromatic carbocycles. The second-order valence-electron chi connectivity index (χ2n) is 12.9. The molecular weight excluding hydrogens is 663 g/mol. The summed E-state index contributed by atoms with van der Waals surface area (Å²) in [6.07, 6.45) is 44.1. The van der Waals surface area contributed by atoms with E-state index in [0.29, 0.717) is 6.42 Å². The molecule has 0 aromatic rings. The van der Waals surface area contributed by atoms with E-state index in [9.17, 15) is 19.0 Å². The van der Waals surface area contributed by atoms with Crippen LogP contribution < -0.4 is 0 Å². The predicted octanol–water partition coefficient (Wildman–Crippen LogP) is 12.4. The van der Waals surface area contributed by atoms with E-state index in [1.165, 1.54) is 57.8 Å². The van der Waals surface area contributed by atoms with Gasteiger partial charge in [-0.15, -0.1) is 0 Å². The van der Waals surface area contributed by atoms with Crippen LogP contribution in [0.25, 0.3) is 0 Å². The molecule has 0 fully saturated rings. The van der Waals surface area contributed by atoms with Gasteiger partial charge in [-0.25, -0.2) is 4.57 Å². The van der Waals surface area contributed by atoms with Crippen LogP contribution in [-0.4, -0.2) is 42.8 Å². The van der Waals surface area contributed by atoms with Gasteiger partial charge in [0, 0.05) is 12.8 Å². The molecule has 0 aliphatic carbocycles. The van der Waals surface area contributed by atoms with Crippen molar-refractivity contribution in [2.45, 2.75) is 175 Å². The quantitative estimate of drug-likeness (QED) is 0.0293. The molecule has 0 saturated heterocycles. The SMILES string of the molecule is CC/C=C\C/C=C\C/C=C\C/C=C\C/C=C\CCCCCC(=O)OC(COC(=O)CCCCCCCCCCCCCC)COP(=O)(O)OCC. The van der Waals surface area contributed by atoms with Gasteiger partial charge < -0.3 is 14.4 Å². The van der Waals surface area contributed by atoms with Gasteiger partial charge in [-0.2, -0.15) is 0 Å². The van der Waals surface area contributed by atoms with E-state index in [-0.39, 0.29) is 32.0 Å². The Kier molecular flexibility index (Phi) is 35.9. The van der Waals surface area contributed by atoms with E-state index in [1.807, 2.05) is 0 Å². The maximum absolute atomic E-state index is 12.5. The Morgan fingerprint density at radius 1 is 0.549 bits per heavy atom. The third-order valence-corrected chi connectivity index (χ3v) is 9.15. The van der Waals surface area contributed by atoms with Gasteiger partial charge in [-0.3, -0.25) is 18.6 Å². The zero-order valence-electron chi connectivity index (χ0n) is 32.5. The number of ether oxygens (including phenoxy) is 2. The first-order chi connectivity index (χ1) is 24.8. The van der Waals surface area contributed by atoms with Crippen molar-refractivity contribution in [3.63, 3.8) is 0 Å². The Labute approximate surface area is 311 Å². The summed E-state index contributed by atoms with van der Waals surface area (Å²) in [5, 5.41) is 0. The molecule has 2 unspecified atom stereocenters. The summed E-state index contributed by atoms with van der Waals surface area (Å²) >= 11 is 0. The van der Waals surface area contributed by atoms with Gasteiger partial charge in [-0.05, 0) is 64.7 Å². The largest absolute Gasteiger partial charge is 0.472 e. The Morgan fingerprint density at radius 2 is 1.00 bits per heavy atom. The molecule has 294 valence electrons. The van der Waals surface area contributed by atoms with Gasteiger partial charge in [0.05, 0.1) is 13.2 Å². The summed E-state index contributed by atoms with van der Waals surface area (Å²) in [5.74, 6) is -0.838. The Morgan fingerprint density at radius 3 is 1.51 bits per heavy atom. The van der Waals surface area contributed by atoms with Gasteiger partial charge in [0.1, 0.15) is 6.61 Å². The summed E-state index contributed by atoms with van der Waals surface area (Å²) < 4.78 is 32.5. The average molecular weight is 737 g/mol. The minimum absolute atomic E-state index is 0.00805. The number of hydrogen-bond donors (Lipinski definition) is 1. The van der Waals surface area contributed by atoms with Crippen LogP contribution in [0.5, 0.6) is 0 Å². The predicted molar refractivity (Wildman–Crippen MR) is 211 cm³/mol. The normalized spacial score (nSPS) is 14.0. The summed E-state index contributed by atoms with van der Waals surface area (Å²) in [6, 6.07) is 0. The molecule has 0 heterocycles. The molecule has 8 nitrogen and oxygen atoms in total. The second-order valence-corrected chi connectivity index (χ2v) is 14.4. The number of unbranched alkanes of at least 4 members (excludes halogenated alkanes) is 14. The van der Waals surface area contributed by atoms with Crippen molar-refractivity contribution in [1.82, 2.24) is 0 Å². The molecule has 0 saturated carbocycles. The Hall–Kier alpha value is -2.25. The van der Waals surface area contributed by atoms with Crippen LogP contribution in [0.15, 0.2) is 60.8 Å². The molecule has 0 spiro atoms. The maximum Gasteiger partial charge on any atom is 0.472 e. The maximum atomic E-state index is 12.5. The van der Waals surface area contributed by atoms with Crippen molar-refractivity contribution in [2.75, 3.05) is 19.8 Å². The van der Waals surface area contributed by atoms with Gasteiger partial charge in [0.2, 0.25) is 0 Å². The Balaban J connectivity index is 4.20. The number of phosphoric ester groups is 1. The lowest BCUT2D eigenvalue weighted by Crippen LogP contribution is -2.29. The van der Waals surface area contributed by atoms with Crippen molar-refractivity contribution in [3.05, 3.63) is 60.8 Å². The molecule has 1 N–H and O–H groups in total. The number of allylic oxidation sites excluding steroid dienone is 10. The van der Waals surface area contributed by atoms with Gasteiger partial charge in [-0.1, -0.05) is 152 Å². The van der Waals surface area contributed by atoms with E-state index >= 15 is 0 Å². The molecule has 0 radical (unpaired) electrons. The first-order valence-electron chi connectivity index (χ1n) is 20.1. The number of carbonyl (C=O) groups excluding carboxylic acids is 2. The number of rotatable bonds is 36. The lowest BCUT2D eigenvalue weighted by molar-refractivity contribution is -0.161. The van der Waals surface area contributed by atoms with E-state index in [2.05, 4.69) is 74.6 Å². The molecule has 51 heavy (non-hydrogen) atoms. The summed E-state index contributed by atoms with van der Waals surface area (Å²) in [6.45, 7) is 5.30. The zero-order valence-corrected chi connectivity index (χ0v) is 33.4. The second kappa shape index (κ2) is 37.5. The van der Waals surface area contributed by atoms with Crippen molar-refractivity contribution in [1.29, 1.82) is 0 Å². The minimum Gasteiger partial charge on any atom is -0.462 e. The topological polar surface area (TPSA) is 108 Å². The third-order valence-electron chi connectivity index (χ3n) is 8.09. The molecule has 0 amide bonds. The molecule has 0 bridgehead atoms. The van der Waals surface area contributed by atoms with E-state index in [0.717, 1.165) is 70.6 Å². The fourth-order valence-electron chi connectivity index (χ4n) is 5.18. The van der Waals surface area contributed by atoms with Gasteiger partial charge in [0.25, 0.3) is 0 Å². The highest BCUT2D eigenvalue weighted by atomic mass is 31.2. The monoisotopic (exact) mass is 737 g/mol. The van der Waals surface area contributed by atoms with Crippen LogP contribution in [-0.2, 0) is 32.7 Å². The number of carbonyl (C=O) groups is 2. The molecule has 0 aliphatic rings. The van der Waals surface area contributed by atoms with Crippen molar-refractivity contribution in [2.24, 2.45) is 0 Å². The van der Waals surface area contributed by atoms with Crippen LogP contribution in [0, 0.1) is 0 Å². The van der Waals surface area contributed by atoms with Crippen molar-refractivity contribution in [3.8, 4) is 0 Å². The highest BCUT2D eigenvalue weighted by Gasteiger charge is 2.25. The molecular formula is C42H73O8P. The lowest BCUT2D eigenvalue weighted by Gasteiger charge is -2.19. The number of esters is 2. The van der Waals surface area contributed by atoms with E-state index in [4.69, 9.17) is 18.5 Å². The fourth-order valence-corrected chi connectivity index (χ4v) is 5.94. The first-order valence-corrected chi connectivity index (χ1v) is 21.6. The average Bonchev–Trinajstić information content (AvgIpc) is 3.10. The lowest BCUT2D eigenvalue weighted by atomic mass is 10.0. The summed E-state index contributed by atoms with van der Waals surface area (Å²) in [5.41, 5.74) is 0. The van der Waals surface area contributed by atoms with Gasteiger partial charge in [0.15, 0.2) is 6.10 Å². The first kappa shape index (κ1) is 48.8. The highest BCUT2D eigenvalue weighted by Crippen LogP contribution is 2.43. The van der Waals surface area contributed by atoms with Crippen molar-refractivity contribution >= 4 is 19.8 Å². The molecule has 0 aliphatic heterocycles. The number of phosphoric acid groups is 1. The zero-order chi connectivity index (χ0) is 37.5. The van der Waals surface area contributed by atoms with Gasteiger partial charge >= 0.3 is 19.8 Å². The molecule has 9 heteroatoms. The third kappa shape index (κ3) is 37.3. The minimum atomic E-state index is -4.29. The van der Waals surface area contributed by atoms with Crippen LogP contribution >= 0.6 is 7.82 Å².